The lowest BCUT2D eigenvalue weighted by Crippen LogP contribution is -2.20. The highest BCUT2D eigenvalue weighted by Gasteiger charge is 2.45. The number of likely N-dealkylation sites (N-methyl/N-ethyl adjacent to an activating group) is 1. The minimum atomic E-state index is -0.625. The average Bonchev–Trinajstić information content (AvgIpc) is 3.37. The number of hydrogen-bond acceptors (Lipinski definition) is 2. The third-order valence-corrected chi connectivity index (χ3v) is 4.35. The smallest absolute Gasteiger partial charge is 0.228 e. The topological polar surface area (TPSA) is 58.2 Å². The van der Waals surface area contributed by atoms with Crippen LogP contribution in [0.1, 0.15) is 23.5 Å². The Hall–Kier alpha value is -2.76. The Balaban J connectivity index is 1.59. The summed E-state index contributed by atoms with van der Waals surface area (Å²) in [6.45, 7) is 0. The minimum Gasteiger partial charge on any atom is -0.359 e. The molecule has 2 atom stereocenters. The molecule has 2 N–H and O–H groups in total. The summed E-state index contributed by atoms with van der Waals surface area (Å²) in [6, 6.07) is 10.4. The normalized spacial score (nSPS) is 18.5. The molecule has 2 aromatic carbocycles. The molecule has 0 aliphatic heterocycles. The number of hydrogen-bond donors (Lipinski definition) is 2. The largest absolute Gasteiger partial charge is 0.359 e. The van der Waals surface area contributed by atoms with Crippen molar-refractivity contribution in [2.45, 2.75) is 18.8 Å². The van der Waals surface area contributed by atoms with Crippen molar-refractivity contribution in [2.75, 3.05) is 12.4 Å². The van der Waals surface area contributed by atoms with Crippen LogP contribution in [-0.2, 0) is 16.0 Å². The van der Waals surface area contributed by atoms with Gasteiger partial charge in [0.25, 0.3) is 0 Å². The Morgan fingerprint density at radius 3 is 2.48 bits per heavy atom. The van der Waals surface area contributed by atoms with E-state index in [1.54, 1.807) is 31.3 Å². The average molecular weight is 344 g/mol. The van der Waals surface area contributed by atoms with E-state index in [1.165, 1.54) is 12.1 Å². The number of benzene rings is 2. The van der Waals surface area contributed by atoms with Crippen LogP contribution in [-0.4, -0.2) is 18.9 Å². The summed E-state index contributed by atoms with van der Waals surface area (Å²) < 4.78 is 26.7. The molecule has 0 saturated heterocycles. The number of carbonyl (C=O) groups excluding carboxylic acids is 2. The van der Waals surface area contributed by atoms with Gasteiger partial charge in [-0.15, -0.1) is 0 Å². The molecule has 1 fully saturated rings. The zero-order valence-corrected chi connectivity index (χ0v) is 13.7. The molecule has 4 nitrogen and oxygen atoms in total. The number of anilines is 1. The lowest BCUT2D eigenvalue weighted by Gasteiger charge is -2.07. The fourth-order valence-electron chi connectivity index (χ4n) is 2.85. The number of rotatable bonds is 5. The van der Waals surface area contributed by atoms with E-state index in [1.807, 2.05) is 0 Å². The van der Waals surface area contributed by atoms with Crippen LogP contribution in [0.4, 0.5) is 14.5 Å². The second kappa shape index (κ2) is 7.01. The molecule has 3 rings (SSSR count). The van der Waals surface area contributed by atoms with Gasteiger partial charge in [0.15, 0.2) is 0 Å². The fourth-order valence-corrected chi connectivity index (χ4v) is 2.85. The van der Waals surface area contributed by atoms with Crippen LogP contribution in [0.5, 0.6) is 0 Å². The van der Waals surface area contributed by atoms with Crippen LogP contribution in [0.15, 0.2) is 42.5 Å². The van der Waals surface area contributed by atoms with Crippen molar-refractivity contribution >= 4 is 17.5 Å². The fraction of sp³-hybridized carbons (Fsp3) is 0.263. The molecule has 25 heavy (non-hydrogen) atoms. The Morgan fingerprint density at radius 2 is 1.84 bits per heavy atom. The van der Waals surface area contributed by atoms with Crippen LogP contribution in [0.3, 0.4) is 0 Å². The number of nitrogens with one attached hydrogen (secondary N) is 2. The summed E-state index contributed by atoms with van der Waals surface area (Å²) in [5, 5.41) is 5.34. The Bertz CT molecular complexity index is 806. The SMILES string of the molecule is CNC(=O)Cc1ccc(NC(=O)[C@@H]2C[C@H]2c2ccc(F)cc2F)cc1. The van der Waals surface area contributed by atoms with Gasteiger partial charge in [-0.05, 0) is 41.7 Å². The van der Waals surface area contributed by atoms with E-state index < -0.39 is 11.6 Å². The molecule has 2 amide bonds. The minimum absolute atomic E-state index is 0.0843. The van der Waals surface area contributed by atoms with Crippen molar-refractivity contribution in [3.8, 4) is 0 Å². The second-order valence-corrected chi connectivity index (χ2v) is 6.15. The summed E-state index contributed by atoms with van der Waals surface area (Å²) in [6.07, 6.45) is 0.822. The Kier molecular flexibility index (Phi) is 4.79. The van der Waals surface area contributed by atoms with E-state index in [0.717, 1.165) is 11.6 Å². The van der Waals surface area contributed by atoms with Crippen molar-refractivity contribution < 1.29 is 18.4 Å². The van der Waals surface area contributed by atoms with Gasteiger partial charge in [0.1, 0.15) is 11.6 Å². The van der Waals surface area contributed by atoms with E-state index in [2.05, 4.69) is 10.6 Å². The molecule has 1 saturated carbocycles. The zero-order chi connectivity index (χ0) is 18.0. The Labute approximate surface area is 144 Å². The van der Waals surface area contributed by atoms with E-state index >= 15 is 0 Å². The second-order valence-electron chi connectivity index (χ2n) is 6.15. The molecule has 0 bridgehead atoms. The van der Waals surface area contributed by atoms with E-state index in [-0.39, 0.29) is 30.1 Å². The predicted molar refractivity (Wildman–Crippen MR) is 90.0 cm³/mol. The van der Waals surface area contributed by atoms with Crippen LogP contribution >= 0.6 is 0 Å². The zero-order valence-electron chi connectivity index (χ0n) is 13.7. The highest BCUT2D eigenvalue weighted by atomic mass is 19.1. The quantitative estimate of drug-likeness (QED) is 0.876. The van der Waals surface area contributed by atoms with Crippen LogP contribution in [0, 0.1) is 17.6 Å². The maximum atomic E-state index is 13.8. The maximum absolute atomic E-state index is 13.8. The summed E-state index contributed by atoms with van der Waals surface area (Å²) in [7, 11) is 1.58. The van der Waals surface area contributed by atoms with Gasteiger partial charge in [-0.25, -0.2) is 8.78 Å². The molecule has 0 heterocycles. The summed E-state index contributed by atoms with van der Waals surface area (Å²) >= 11 is 0. The van der Waals surface area contributed by atoms with Crippen LogP contribution in [0.2, 0.25) is 0 Å². The molecular formula is C19H18F2N2O2. The van der Waals surface area contributed by atoms with Crippen LogP contribution in [0.25, 0.3) is 0 Å². The van der Waals surface area contributed by atoms with Gasteiger partial charge in [0.2, 0.25) is 11.8 Å². The molecule has 1 aliphatic carbocycles. The van der Waals surface area contributed by atoms with E-state index in [4.69, 9.17) is 0 Å². The summed E-state index contributed by atoms with van der Waals surface area (Å²) in [4.78, 5) is 23.6. The highest BCUT2D eigenvalue weighted by molar-refractivity contribution is 5.95. The van der Waals surface area contributed by atoms with Gasteiger partial charge in [0, 0.05) is 24.7 Å². The first-order valence-electron chi connectivity index (χ1n) is 8.03. The van der Waals surface area contributed by atoms with Gasteiger partial charge >= 0.3 is 0 Å². The lowest BCUT2D eigenvalue weighted by atomic mass is 10.1. The molecule has 2 aromatic rings. The molecule has 0 unspecified atom stereocenters. The van der Waals surface area contributed by atoms with Crippen LogP contribution < -0.4 is 10.6 Å². The van der Waals surface area contributed by atoms with Crippen molar-refractivity contribution in [3.05, 3.63) is 65.2 Å². The van der Waals surface area contributed by atoms with Crippen molar-refractivity contribution in [2.24, 2.45) is 5.92 Å². The van der Waals surface area contributed by atoms with Crippen molar-refractivity contribution in [1.29, 1.82) is 0 Å². The standard InChI is InChI=1S/C19H18F2N2O2/c1-22-18(24)8-11-2-5-13(6-3-11)23-19(25)16-10-15(16)14-7-4-12(20)9-17(14)21/h2-7,9,15-16H,8,10H2,1H3,(H,22,24)(H,23,25)/t15-,16+/m0/s1. The summed E-state index contributed by atoms with van der Waals surface area (Å²) in [5.74, 6) is -2.04. The van der Waals surface area contributed by atoms with Gasteiger partial charge in [-0.3, -0.25) is 9.59 Å². The monoisotopic (exact) mass is 344 g/mol. The predicted octanol–water partition coefficient (Wildman–Crippen LogP) is 3.00. The number of halogens is 2. The number of carbonyl (C=O) groups is 2. The molecule has 0 aromatic heterocycles. The number of amides is 2. The first-order valence-corrected chi connectivity index (χ1v) is 8.03. The van der Waals surface area contributed by atoms with Gasteiger partial charge in [-0.2, -0.15) is 0 Å². The molecule has 1 aliphatic rings. The van der Waals surface area contributed by atoms with E-state index in [0.29, 0.717) is 17.7 Å². The van der Waals surface area contributed by atoms with Gasteiger partial charge < -0.3 is 10.6 Å². The first kappa shape index (κ1) is 17.1. The van der Waals surface area contributed by atoms with Crippen molar-refractivity contribution in [1.82, 2.24) is 5.32 Å². The molecule has 0 radical (unpaired) electrons. The summed E-state index contributed by atoms with van der Waals surface area (Å²) in [5.41, 5.74) is 1.84. The molecule has 6 heteroatoms. The molecular weight excluding hydrogens is 326 g/mol. The lowest BCUT2D eigenvalue weighted by molar-refractivity contribution is -0.120. The van der Waals surface area contributed by atoms with Gasteiger partial charge in [-0.1, -0.05) is 18.2 Å². The highest BCUT2D eigenvalue weighted by Crippen LogP contribution is 2.48. The van der Waals surface area contributed by atoms with Gasteiger partial charge in [0.05, 0.1) is 6.42 Å². The molecule has 130 valence electrons. The molecule has 0 spiro atoms. The maximum Gasteiger partial charge on any atom is 0.228 e. The Morgan fingerprint density at radius 1 is 1.12 bits per heavy atom. The third-order valence-electron chi connectivity index (χ3n) is 4.35. The third kappa shape index (κ3) is 4.02. The first-order chi connectivity index (χ1) is 12.0. The van der Waals surface area contributed by atoms with E-state index in [9.17, 15) is 18.4 Å². The van der Waals surface area contributed by atoms with Crippen molar-refractivity contribution in [3.63, 3.8) is 0 Å².